The van der Waals surface area contributed by atoms with Gasteiger partial charge < -0.3 is 10.1 Å². The number of fused-ring (bicyclic) bond motifs is 1. The molecule has 1 atom stereocenters. The number of nitrogens with one attached hydrogen (secondary N) is 1. The third-order valence-corrected chi connectivity index (χ3v) is 6.28. The molecular formula is C20H21Cl2NO3S. The Kier molecular flexibility index (Phi) is 6.14. The third kappa shape index (κ3) is 4.31. The van der Waals surface area contributed by atoms with Crippen LogP contribution in [0.15, 0.2) is 18.2 Å². The average Bonchev–Trinajstić information content (AvgIpc) is 2.90. The first-order valence-corrected chi connectivity index (χ1v) is 10.5. The van der Waals surface area contributed by atoms with Crippen LogP contribution in [0.25, 0.3) is 0 Å². The Bertz CT molecular complexity index is 871. The molecular weight excluding hydrogens is 405 g/mol. The number of ether oxygens (including phenoxy) is 1. The van der Waals surface area contributed by atoms with Crippen LogP contribution in [0.1, 0.15) is 58.3 Å². The molecule has 0 radical (unpaired) electrons. The number of anilines is 1. The number of hydrogen-bond acceptors (Lipinski definition) is 4. The quantitative estimate of drug-likeness (QED) is 0.611. The standard InChI is InChI=1S/C20H21Cl2NO3S/c1-10(2)26-20(25)16-12-8-7-11(3)9-15(12)27-19(16)23-18(24)17-13(21)5-4-6-14(17)22/h4-6,10-11H,7-9H2,1-3H3,(H,23,24). The molecule has 2 aromatic rings. The van der Waals surface area contributed by atoms with Crippen LogP contribution in [0, 0.1) is 5.92 Å². The molecule has 4 nitrogen and oxygen atoms in total. The molecule has 0 spiro atoms. The number of esters is 1. The average molecular weight is 426 g/mol. The monoisotopic (exact) mass is 425 g/mol. The van der Waals surface area contributed by atoms with Crippen LogP contribution in [0.5, 0.6) is 0 Å². The maximum atomic E-state index is 12.8. The van der Waals surface area contributed by atoms with Crippen molar-refractivity contribution < 1.29 is 14.3 Å². The Balaban J connectivity index is 1.99. The summed E-state index contributed by atoms with van der Waals surface area (Å²) in [6.45, 7) is 5.80. The van der Waals surface area contributed by atoms with Crippen molar-refractivity contribution in [3.63, 3.8) is 0 Å². The summed E-state index contributed by atoms with van der Waals surface area (Å²) in [5.74, 6) is -0.292. The highest BCUT2D eigenvalue weighted by Gasteiger charge is 2.30. The van der Waals surface area contributed by atoms with Crippen LogP contribution in [0.2, 0.25) is 10.0 Å². The Morgan fingerprint density at radius 1 is 1.22 bits per heavy atom. The lowest BCUT2D eigenvalue weighted by Gasteiger charge is -2.19. The molecule has 0 fully saturated rings. The van der Waals surface area contributed by atoms with E-state index in [-0.39, 0.29) is 21.7 Å². The van der Waals surface area contributed by atoms with Gasteiger partial charge >= 0.3 is 5.97 Å². The van der Waals surface area contributed by atoms with E-state index in [2.05, 4.69) is 12.2 Å². The maximum Gasteiger partial charge on any atom is 0.341 e. The fourth-order valence-electron chi connectivity index (χ4n) is 3.21. The van der Waals surface area contributed by atoms with Crippen molar-refractivity contribution in [1.29, 1.82) is 0 Å². The topological polar surface area (TPSA) is 55.4 Å². The normalized spacial score (nSPS) is 16.1. The smallest absolute Gasteiger partial charge is 0.341 e. The molecule has 1 aliphatic carbocycles. The number of hydrogen-bond donors (Lipinski definition) is 1. The minimum atomic E-state index is -0.434. The van der Waals surface area contributed by atoms with Gasteiger partial charge in [-0.05, 0) is 56.7 Å². The number of benzene rings is 1. The van der Waals surface area contributed by atoms with Crippen LogP contribution in [0.4, 0.5) is 5.00 Å². The predicted octanol–water partition coefficient (Wildman–Crippen LogP) is 6.00. The SMILES string of the molecule is CC1CCc2c(sc(NC(=O)c3c(Cl)cccc3Cl)c2C(=O)OC(C)C)C1. The summed E-state index contributed by atoms with van der Waals surface area (Å²) in [6, 6.07) is 4.90. The van der Waals surface area contributed by atoms with Crippen molar-refractivity contribution in [2.45, 2.75) is 46.1 Å². The van der Waals surface area contributed by atoms with Crippen LogP contribution in [-0.4, -0.2) is 18.0 Å². The molecule has 1 heterocycles. The van der Waals surface area contributed by atoms with Gasteiger partial charge in [-0.25, -0.2) is 4.79 Å². The number of amides is 1. The largest absolute Gasteiger partial charge is 0.459 e. The maximum absolute atomic E-state index is 12.8. The molecule has 1 unspecified atom stereocenters. The Morgan fingerprint density at radius 2 is 1.89 bits per heavy atom. The first-order valence-electron chi connectivity index (χ1n) is 8.88. The van der Waals surface area contributed by atoms with Crippen molar-refractivity contribution in [3.05, 3.63) is 49.8 Å². The Labute approximate surface area is 172 Å². The fourth-order valence-corrected chi connectivity index (χ4v) is 5.17. The summed E-state index contributed by atoms with van der Waals surface area (Å²) < 4.78 is 5.43. The summed E-state index contributed by atoms with van der Waals surface area (Å²) in [5.41, 5.74) is 1.65. The second-order valence-corrected chi connectivity index (χ2v) is 8.98. The molecule has 1 amide bonds. The van der Waals surface area contributed by atoms with Gasteiger partial charge in [-0.3, -0.25) is 4.79 Å². The van der Waals surface area contributed by atoms with Crippen molar-refractivity contribution in [1.82, 2.24) is 0 Å². The molecule has 0 bridgehead atoms. The molecule has 1 aromatic carbocycles. The molecule has 1 aromatic heterocycles. The molecule has 1 N–H and O–H groups in total. The minimum absolute atomic E-state index is 0.198. The number of carbonyl (C=O) groups is 2. The number of halogens is 2. The van der Waals surface area contributed by atoms with E-state index < -0.39 is 11.9 Å². The van der Waals surface area contributed by atoms with Gasteiger partial charge in [0.1, 0.15) is 5.00 Å². The predicted molar refractivity (Wildman–Crippen MR) is 110 cm³/mol. The summed E-state index contributed by atoms with van der Waals surface area (Å²) in [6.07, 6.45) is 2.47. The third-order valence-electron chi connectivity index (χ3n) is 4.48. The van der Waals surface area contributed by atoms with Gasteiger partial charge in [-0.2, -0.15) is 0 Å². The zero-order valence-corrected chi connectivity index (χ0v) is 17.7. The van der Waals surface area contributed by atoms with E-state index in [0.29, 0.717) is 16.5 Å². The molecule has 27 heavy (non-hydrogen) atoms. The van der Waals surface area contributed by atoms with Crippen molar-refractivity contribution >= 4 is 51.4 Å². The van der Waals surface area contributed by atoms with Crippen molar-refractivity contribution in [2.75, 3.05) is 5.32 Å². The zero-order chi connectivity index (χ0) is 19.7. The van der Waals surface area contributed by atoms with Gasteiger partial charge in [0, 0.05) is 4.88 Å². The molecule has 3 rings (SSSR count). The highest BCUT2D eigenvalue weighted by molar-refractivity contribution is 7.17. The lowest BCUT2D eigenvalue weighted by Crippen LogP contribution is -2.19. The highest BCUT2D eigenvalue weighted by atomic mass is 35.5. The molecule has 1 aliphatic rings. The van der Waals surface area contributed by atoms with Crippen molar-refractivity contribution in [2.24, 2.45) is 5.92 Å². The summed E-state index contributed by atoms with van der Waals surface area (Å²) in [4.78, 5) is 26.7. The van der Waals surface area contributed by atoms with Crippen LogP contribution in [-0.2, 0) is 17.6 Å². The van der Waals surface area contributed by atoms with Gasteiger partial charge in [0.2, 0.25) is 0 Å². The minimum Gasteiger partial charge on any atom is -0.459 e. The highest BCUT2D eigenvalue weighted by Crippen LogP contribution is 2.40. The van der Waals surface area contributed by atoms with E-state index in [9.17, 15) is 9.59 Å². The lowest BCUT2D eigenvalue weighted by atomic mass is 9.88. The second kappa shape index (κ2) is 8.21. The second-order valence-electron chi connectivity index (χ2n) is 7.06. The van der Waals surface area contributed by atoms with E-state index in [4.69, 9.17) is 27.9 Å². The lowest BCUT2D eigenvalue weighted by molar-refractivity contribution is 0.0378. The molecule has 0 aliphatic heterocycles. The van der Waals surface area contributed by atoms with Gasteiger partial charge in [0.15, 0.2) is 0 Å². The number of carbonyl (C=O) groups excluding carboxylic acids is 2. The van der Waals surface area contributed by atoms with E-state index in [1.807, 2.05) is 0 Å². The number of thiophene rings is 1. The van der Waals surface area contributed by atoms with Crippen molar-refractivity contribution in [3.8, 4) is 0 Å². The van der Waals surface area contributed by atoms with Crippen LogP contribution < -0.4 is 5.32 Å². The molecule has 0 saturated heterocycles. The molecule has 0 saturated carbocycles. The van der Waals surface area contributed by atoms with Crippen LogP contribution >= 0.6 is 34.5 Å². The van der Waals surface area contributed by atoms with Gasteiger partial charge in [-0.15, -0.1) is 11.3 Å². The zero-order valence-electron chi connectivity index (χ0n) is 15.4. The Hall–Kier alpha value is -1.56. The first kappa shape index (κ1) is 20.2. The summed E-state index contributed by atoms with van der Waals surface area (Å²) in [7, 11) is 0. The van der Waals surface area contributed by atoms with Gasteiger partial charge in [0.05, 0.1) is 27.3 Å². The summed E-state index contributed by atoms with van der Waals surface area (Å²) >= 11 is 13.7. The Morgan fingerprint density at radius 3 is 2.52 bits per heavy atom. The van der Waals surface area contributed by atoms with Crippen LogP contribution in [0.3, 0.4) is 0 Å². The van der Waals surface area contributed by atoms with Gasteiger partial charge in [0.25, 0.3) is 5.91 Å². The van der Waals surface area contributed by atoms with E-state index in [1.54, 1.807) is 32.0 Å². The van der Waals surface area contributed by atoms with E-state index >= 15 is 0 Å². The van der Waals surface area contributed by atoms with E-state index in [0.717, 1.165) is 29.7 Å². The van der Waals surface area contributed by atoms with E-state index in [1.165, 1.54) is 11.3 Å². The first-order chi connectivity index (χ1) is 12.8. The summed E-state index contributed by atoms with van der Waals surface area (Å²) in [5, 5.41) is 3.88. The van der Waals surface area contributed by atoms with Gasteiger partial charge in [-0.1, -0.05) is 36.2 Å². The number of rotatable bonds is 4. The molecule has 144 valence electrons. The molecule has 7 heteroatoms. The fraction of sp³-hybridized carbons (Fsp3) is 0.400.